The van der Waals surface area contributed by atoms with Gasteiger partial charge in [-0.25, -0.2) is 0 Å². The van der Waals surface area contributed by atoms with E-state index in [4.69, 9.17) is 0 Å². The predicted molar refractivity (Wildman–Crippen MR) is 88.5 cm³/mol. The fraction of sp³-hybridized carbons (Fsp3) is 0.611. The fourth-order valence-corrected chi connectivity index (χ4v) is 3.25. The monoisotopic (exact) mass is 393 g/mol. The van der Waals surface area contributed by atoms with Crippen LogP contribution in [0, 0.1) is 5.92 Å². The second kappa shape index (κ2) is 10.5. The van der Waals surface area contributed by atoms with Gasteiger partial charge in [0.15, 0.2) is 0 Å². The van der Waals surface area contributed by atoms with Crippen molar-refractivity contribution in [1.82, 2.24) is 5.32 Å². The number of halogens is 4. The summed E-state index contributed by atoms with van der Waals surface area (Å²) in [6.07, 6.45) is 2.73. The molecule has 1 amide bonds. The van der Waals surface area contributed by atoms with E-state index in [1.165, 1.54) is 24.3 Å². The largest absolute Gasteiger partial charge is 0.435 e. The number of rotatable bonds is 10. The standard InChI is InChI=1S/C18H23F4NO4/c19-17(20)26-10-14(12-6-3-7-13(8-12)27-18(21)22)23-16(25)9-15(24)11-4-1-2-5-11/h3,6-8,11,14-15,17-18,24H,1-2,4-5,9-10H2,(H,23,25). The Labute approximate surface area is 154 Å². The third-order valence-electron chi connectivity index (χ3n) is 4.55. The quantitative estimate of drug-likeness (QED) is 0.596. The molecule has 9 heteroatoms. The van der Waals surface area contributed by atoms with Crippen LogP contribution < -0.4 is 10.1 Å². The van der Waals surface area contributed by atoms with E-state index in [0.29, 0.717) is 0 Å². The molecule has 1 aromatic rings. The second-order valence-electron chi connectivity index (χ2n) is 6.48. The van der Waals surface area contributed by atoms with Crippen LogP contribution in [0.3, 0.4) is 0 Å². The molecule has 1 fully saturated rings. The van der Waals surface area contributed by atoms with Crippen molar-refractivity contribution in [2.45, 2.75) is 57.5 Å². The van der Waals surface area contributed by atoms with Gasteiger partial charge in [-0.05, 0) is 36.5 Å². The number of aliphatic hydroxyl groups is 1. The SMILES string of the molecule is O=C(CC(O)C1CCCC1)NC(COC(F)F)c1cccc(OC(F)F)c1. The molecule has 0 bridgehead atoms. The van der Waals surface area contributed by atoms with Crippen molar-refractivity contribution in [3.63, 3.8) is 0 Å². The van der Waals surface area contributed by atoms with E-state index < -0.39 is 37.9 Å². The minimum absolute atomic E-state index is 0.0503. The normalized spacial score (nSPS) is 17.3. The van der Waals surface area contributed by atoms with Crippen molar-refractivity contribution in [2.24, 2.45) is 5.92 Å². The first kappa shape index (κ1) is 21.4. The molecule has 0 spiro atoms. The number of nitrogens with one attached hydrogen (secondary N) is 1. The number of carbonyl (C=O) groups excluding carboxylic acids is 1. The Bertz CT molecular complexity index is 596. The summed E-state index contributed by atoms with van der Waals surface area (Å²) < 4.78 is 58.1. The van der Waals surface area contributed by atoms with Crippen LogP contribution >= 0.6 is 0 Å². The number of aliphatic hydroxyl groups excluding tert-OH is 1. The Hall–Kier alpha value is -1.87. The van der Waals surface area contributed by atoms with Crippen molar-refractivity contribution >= 4 is 5.91 Å². The van der Waals surface area contributed by atoms with Crippen LogP contribution in [0.2, 0.25) is 0 Å². The van der Waals surface area contributed by atoms with Gasteiger partial charge in [-0.2, -0.15) is 17.6 Å². The molecule has 1 aliphatic rings. The number of ether oxygens (including phenoxy) is 2. The van der Waals surface area contributed by atoms with E-state index in [-0.39, 0.29) is 23.7 Å². The van der Waals surface area contributed by atoms with Gasteiger partial charge in [0.25, 0.3) is 0 Å². The zero-order chi connectivity index (χ0) is 19.8. The average molecular weight is 393 g/mol. The number of hydrogen-bond donors (Lipinski definition) is 2. The summed E-state index contributed by atoms with van der Waals surface area (Å²) in [4.78, 5) is 12.2. The lowest BCUT2D eigenvalue weighted by Gasteiger charge is -2.22. The Morgan fingerprint density at radius 2 is 1.89 bits per heavy atom. The summed E-state index contributed by atoms with van der Waals surface area (Å²) in [7, 11) is 0. The van der Waals surface area contributed by atoms with Crippen LogP contribution in [0.5, 0.6) is 5.75 Å². The molecule has 1 aromatic carbocycles. The topological polar surface area (TPSA) is 67.8 Å². The molecule has 27 heavy (non-hydrogen) atoms. The van der Waals surface area contributed by atoms with Crippen LogP contribution in [0.4, 0.5) is 17.6 Å². The van der Waals surface area contributed by atoms with Crippen LogP contribution in [0.15, 0.2) is 24.3 Å². The predicted octanol–water partition coefficient (Wildman–Crippen LogP) is 3.63. The molecular weight excluding hydrogens is 370 g/mol. The van der Waals surface area contributed by atoms with Gasteiger partial charge < -0.3 is 19.9 Å². The van der Waals surface area contributed by atoms with Crippen LogP contribution in [-0.2, 0) is 9.53 Å². The Morgan fingerprint density at radius 3 is 2.52 bits per heavy atom. The van der Waals surface area contributed by atoms with Gasteiger partial charge in [-0.1, -0.05) is 25.0 Å². The maximum absolute atomic E-state index is 12.4. The maximum atomic E-state index is 12.4. The van der Waals surface area contributed by atoms with Crippen molar-refractivity contribution in [2.75, 3.05) is 6.61 Å². The first-order valence-electron chi connectivity index (χ1n) is 8.77. The number of benzene rings is 1. The molecule has 1 aliphatic carbocycles. The van der Waals surface area contributed by atoms with Crippen molar-refractivity contribution in [1.29, 1.82) is 0 Å². The van der Waals surface area contributed by atoms with Crippen molar-refractivity contribution < 1.29 is 36.9 Å². The van der Waals surface area contributed by atoms with E-state index in [1.54, 1.807) is 0 Å². The summed E-state index contributed by atoms with van der Waals surface area (Å²) in [5.74, 6) is -0.642. The number of hydrogen-bond acceptors (Lipinski definition) is 4. The summed E-state index contributed by atoms with van der Waals surface area (Å²) >= 11 is 0. The van der Waals surface area contributed by atoms with E-state index in [0.717, 1.165) is 25.7 Å². The first-order chi connectivity index (χ1) is 12.8. The summed E-state index contributed by atoms with van der Waals surface area (Å²) in [6, 6.07) is 4.39. The highest BCUT2D eigenvalue weighted by Crippen LogP contribution is 2.29. The van der Waals surface area contributed by atoms with Crippen LogP contribution in [0.25, 0.3) is 0 Å². The summed E-state index contributed by atoms with van der Waals surface area (Å²) in [5, 5.41) is 12.7. The van der Waals surface area contributed by atoms with Gasteiger partial charge in [0.1, 0.15) is 5.75 Å². The van der Waals surface area contributed by atoms with E-state index in [2.05, 4.69) is 14.8 Å². The Morgan fingerprint density at radius 1 is 1.19 bits per heavy atom. The summed E-state index contributed by atoms with van der Waals surface area (Å²) in [5.41, 5.74) is 0.275. The van der Waals surface area contributed by atoms with Gasteiger partial charge in [-0.3, -0.25) is 4.79 Å². The molecule has 1 saturated carbocycles. The first-order valence-corrected chi connectivity index (χ1v) is 8.77. The molecule has 152 valence electrons. The highest BCUT2D eigenvalue weighted by atomic mass is 19.3. The lowest BCUT2D eigenvalue weighted by molar-refractivity contribution is -0.139. The molecule has 0 saturated heterocycles. The zero-order valence-corrected chi connectivity index (χ0v) is 14.6. The lowest BCUT2D eigenvalue weighted by atomic mass is 9.97. The number of amides is 1. The van der Waals surface area contributed by atoms with Gasteiger partial charge in [0.05, 0.1) is 25.2 Å². The zero-order valence-electron chi connectivity index (χ0n) is 14.6. The van der Waals surface area contributed by atoms with Crippen molar-refractivity contribution in [3.05, 3.63) is 29.8 Å². The highest BCUT2D eigenvalue weighted by molar-refractivity contribution is 5.77. The number of alkyl halides is 4. The Kier molecular flexibility index (Phi) is 8.30. The minimum atomic E-state index is -3.05. The average Bonchev–Trinajstić information content (AvgIpc) is 3.12. The summed E-state index contributed by atoms with van der Waals surface area (Å²) in [6.45, 7) is -6.64. The fourth-order valence-electron chi connectivity index (χ4n) is 3.25. The van der Waals surface area contributed by atoms with Crippen LogP contribution in [-0.4, -0.2) is 36.9 Å². The van der Waals surface area contributed by atoms with Gasteiger partial charge in [-0.15, -0.1) is 0 Å². The van der Waals surface area contributed by atoms with E-state index in [9.17, 15) is 27.5 Å². The number of carbonyl (C=O) groups is 1. The molecule has 5 nitrogen and oxygen atoms in total. The third kappa shape index (κ3) is 7.34. The van der Waals surface area contributed by atoms with Crippen LogP contribution in [0.1, 0.15) is 43.7 Å². The highest BCUT2D eigenvalue weighted by Gasteiger charge is 2.26. The maximum Gasteiger partial charge on any atom is 0.387 e. The van der Waals surface area contributed by atoms with Gasteiger partial charge in [0, 0.05) is 0 Å². The molecule has 0 heterocycles. The Balaban J connectivity index is 2.03. The third-order valence-corrected chi connectivity index (χ3v) is 4.55. The molecule has 0 aliphatic heterocycles. The van der Waals surface area contributed by atoms with Crippen molar-refractivity contribution in [3.8, 4) is 5.75 Å². The van der Waals surface area contributed by atoms with Gasteiger partial charge >= 0.3 is 13.2 Å². The molecule has 2 unspecified atom stereocenters. The molecule has 2 rings (SSSR count). The molecular formula is C18H23F4NO4. The van der Waals surface area contributed by atoms with Gasteiger partial charge in [0.2, 0.25) is 5.91 Å². The van der Waals surface area contributed by atoms with E-state index in [1.807, 2.05) is 0 Å². The lowest BCUT2D eigenvalue weighted by Crippen LogP contribution is -2.35. The molecule has 0 radical (unpaired) electrons. The second-order valence-corrected chi connectivity index (χ2v) is 6.48. The molecule has 2 N–H and O–H groups in total. The van der Waals surface area contributed by atoms with E-state index >= 15 is 0 Å². The minimum Gasteiger partial charge on any atom is -0.435 e. The molecule has 0 aromatic heterocycles. The smallest absolute Gasteiger partial charge is 0.387 e. The molecule has 2 atom stereocenters.